The first-order valence-electron chi connectivity index (χ1n) is 17.2. The van der Waals surface area contributed by atoms with Crippen molar-refractivity contribution in [2.75, 3.05) is 26.2 Å². The Morgan fingerprint density at radius 2 is 1.65 bits per heavy atom. The number of aromatic nitrogens is 2. The third kappa shape index (κ3) is 4.65. The predicted octanol–water partition coefficient (Wildman–Crippen LogP) is 8.25. The smallest absolute Gasteiger partial charge is 0.109 e. The number of aromatic amines is 1. The lowest BCUT2D eigenvalue weighted by molar-refractivity contribution is -0.0689. The Bertz CT molecular complexity index is 1570. The molecule has 5 heteroatoms. The third-order valence-corrected chi connectivity index (χ3v) is 11.6. The SMILES string of the molecule is CC1OC23C=C(c4nccc5c4[nH]c4ccccc45)C4CCN(CCCCC=CCC2)CC42CCC=CCCCCN1C32. The number of nitrogens with zero attached hydrogens (tertiary/aromatic N) is 3. The average Bonchev–Trinajstić information content (AvgIpc) is 3.52. The number of benzene rings is 1. The zero-order valence-corrected chi connectivity index (χ0v) is 25.9. The van der Waals surface area contributed by atoms with Gasteiger partial charge in [-0.25, -0.2) is 0 Å². The van der Waals surface area contributed by atoms with Crippen LogP contribution in [0.2, 0.25) is 0 Å². The number of rotatable bonds is 1. The number of allylic oxidation sites excluding steroid dienone is 5. The van der Waals surface area contributed by atoms with Crippen LogP contribution in [0, 0.1) is 11.3 Å². The van der Waals surface area contributed by atoms with E-state index in [1.54, 1.807) is 0 Å². The molecule has 6 unspecified atom stereocenters. The highest BCUT2D eigenvalue weighted by molar-refractivity contribution is 6.09. The van der Waals surface area contributed by atoms with Crippen molar-refractivity contribution in [1.82, 2.24) is 19.8 Å². The van der Waals surface area contributed by atoms with E-state index in [0.29, 0.717) is 12.0 Å². The van der Waals surface area contributed by atoms with E-state index in [-0.39, 0.29) is 17.2 Å². The molecule has 1 aromatic carbocycles. The van der Waals surface area contributed by atoms with E-state index in [0.717, 1.165) is 38.0 Å². The molecule has 5 nitrogen and oxygen atoms in total. The molecule has 4 aliphatic heterocycles. The molecular formula is C38H48N4O. The van der Waals surface area contributed by atoms with Crippen LogP contribution in [0.15, 0.2) is 66.9 Å². The van der Waals surface area contributed by atoms with Crippen molar-refractivity contribution in [3.63, 3.8) is 0 Å². The number of hydrogen-bond acceptors (Lipinski definition) is 4. The maximum absolute atomic E-state index is 7.36. The molecule has 0 saturated carbocycles. The van der Waals surface area contributed by atoms with Gasteiger partial charge in [-0.1, -0.05) is 42.5 Å². The van der Waals surface area contributed by atoms with Gasteiger partial charge < -0.3 is 14.6 Å². The molecule has 0 amide bonds. The molecule has 2 saturated heterocycles. The minimum absolute atomic E-state index is 0.107. The number of hydrogen-bond donors (Lipinski definition) is 1. The van der Waals surface area contributed by atoms with E-state index in [4.69, 9.17) is 9.72 Å². The van der Waals surface area contributed by atoms with E-state index >= 15 is 0 Å². The van der Waals surface area contributed by atoms with Gasteiger partial charge in [-0.3, -0.25) is 9.88 Å². The first-order valence-corrected chi connectivity index (χ1v) is 17.2. The number of piperidine rings is 1. The molecule has 0 radical (unpaired) electrons. The Kier molecular flexibility index (Phi) is 7.32. The lowest BCUT2D eigenvalue weighted by Gasteiger charge is -2.60. The van der Waals surface area contributed by atoms with E-state index < -0.39 is 0 Å². The molecule has 3 aromatic rings. The van der Waals surface area contributed by atoms with Crippen LogP contribution in [-0.4, -0.2) is 63.8 Å². The molecule has 6 atom stereocenters. The van der Waals surface area contributed by atoms with Crippen molar-refractivity contribution in [2.45, 2.75) is 95.4 Å². The summed E-state index contributed by atoms with van der Waals surface area (Å²) in [6.07, 6.45) is 27.8. The lowest BCUT2D eigenvalue weighted by Crippen LogP contribution is -2.66. The van der Waals surface area contributed by atoms with Crippen molar-refractivity contribution in [3.05, 3.63) is 72.6 Å². The van der Waals surface area contributed by atoms with E-state index in [9.17, 15) is 0 Å². The summed E-state index contributed by atoms with van der Waals surface area (Å²) in [5, 5.41) is 2.57. The molecule has 43 heavy (non-hydrogen) atoms. The molecule has 226 valence electrons. The molecular weight excluding hydrogens is 528 g/mol. The maximum Gasteiger partial charge on any atom is 0.109 e. The minimum atomic E-state index is -0.319. The van der Waals surface area contributed by atoms with Crippen LogP contribution in [0.4, 0.5) is 0 Å². The predicted molar refractivity (Wildman–Crippen MR) is 177 cm³/mol. The van der Waals surface area contributed by atoms with Gasteiger partial charge in [0.2, 0.25) is 0 Å². The van der Waals surface area contributed by atoms with Gasteiger partial charge in [-0.15, -0.1) is 0 Å². The van der Waals surface area contributed by atoms with E-state index in [1.807, 2.05) is 0 Å². The Labute approximate surface area is 257 Å². The Balaban J connectivity index is 1.37. The topological polar surface area (TPSA) is 44.4 Å². The van der Waals surface area contributed by atoms with E-state index in [2.05, 4.69) is 88.6 Å². The zero-order valence-electron chi connectivity index (χ0n) is 25.9. The van der Waals surface area contributed by atoms with Gasteiger partial charge in [-0.05, 0) is 120 Å². The van der Waals surface area contributed by atoms with Gasteiger partial charge >= 0.3 is 0 Å². The van der Waals surface area contributed by atoms with E-state index in [1.165, 1.54) is 91.8 Å². The first-order chi connectivity index (χ1) is 21.2. The van der Waals surface area contributed by atoms with Gasteiger partial charge in [0.1, 0.15) is 11.8 Å². The molecule has 2 aromatic heterocycles. The fourth-order valence-corrected chi connectivity index (χ4v) is 9.85. The van der Waals surface area contributed by atoms with Crippen LogP contribution < -0.4 is 0 Å². The van der Waals surface area contributed by atoms with Gasteiger partial charge in [0.15, 0.2) is 0 Å². The number of para-hydroxylation sites is 1. The summed E-state index contributed by atoms with van der Waals surface area (Å²) in [5.74, 6) is 0.456. The fourth-order valence-electron chi connectivity index (χ4n) is 9.85. The number of nitrogens with one attached hydrogen (secondary N) is 1. The Hall–Kier alpha value is -2.73. The second kappa shape index (κ2) is 11.3. The summed E-state index contributed by atoms with van der Waals surface area (Å²) in [5.41, 5.74) is 4.78. The summed E-state index contributed by atoms with van der Waals surface area (Å²) in [4.78, 5) is 14.7. The highest BCUT2D eigenvalue weighted by Crippen LogP contribution is 2.61. The molecule has 6 heterocycles. The Morgan fingerprint density at radius 3 is 2.53 bits per heavy atom. The van der Waals surface area contributed by atoms with Crippen molar-refractivity contribution < 1.29 is 4.74 Å². The molecule has 1 N–H and O–H groups in total. The van der Waals surface area contributed by atoms with Crippen LogP contribution in [0.25, 0.3) is 27.4 Å². The molecule has 1 spiro atoms. The standard InChI is InChI=1S/C38H48N4O/c1-28-42-24-15-9-5-2-6-12-20-37-27-41-23-14-8-4-3-7-13-21-38(43-28,36(37)42)26-31(32(37)19-25-41)34-35-30(18-22-39-34)29-16-10-11-17-33(29)40-35/h2-3,6-7,10-11,16-18,22,26,28,32,36,40H,4-5,8-9,12-15,19-21,23-25,27H2,1H3. The van der Waals surface area contributed by atoms with Crippen molar-refractivity contribution >= 4 is 27.4 Å². The fraction of sp³-hybridized carbons (Fsp3) is 0.553. The number of fused-ring (bicyclic) bond motifs is 4. The van der Waals surface area contributed by atoms with Gasteiger partial charge in [0.05, 0.1) is 17.3 Å². The largest absolute Gasteiger partial charge is 0.353 e. The Morgan fingerprint density at radius 1 is 0.860 bits per heavy atom. The summed E-state index contributed by atoms with van der Waals surface area (Å²) < 4.78 is 7.36. The molecule has 3 bridgehead atoms. The second-order valence-corrected chi connectivity index (χ2v) is 14.0. The van der Waals surface area contributed by atoms with Crippen LogP contribution in [-0.2, 0) is 4.74 Å². The lowest BCUT2D eigenvalue weighted by atomic mass is 9.53. The highest BCUT2D eigenvalue weighted by Gasteiger charge is 2.65. The van der Waals surface area contributed by atoms with Crippen LogP contribution >= 0.6 is 0 Å². The summed E-state index contributed by atoms with van der Waals surface area (Å²) in [6.45, 7) is 7.02. The maximum atomic E-state index is 7.36. The number of pyridine rings is 1. The first kappa shape index (κ1) is 27.8. The van der Waals surface area contributed by atoms with Crippen molar-refractivity contribution in [2.24, 2.45) is 11.3 Å². The van der Waals surface area contributed by atoms with Crippen LogP contribution in [0.1, 0.15) is 83.2 Å². The van der Waals surface area contributed by atoms with Gasteiger partial charge in [0, 0.05) is 41.0 Å². The summed E-state index contributed by atoms with van der Waals surface area (Å²) >= 11 is 0. The van der Waals surface area contributed by atoms with Gasteiger partial charge in [-0.2, -0.15) is 0 Å². The molecule has 1 aliphatic carbocycles. The summed E-state index contributed by atoms with van der Waals surface area (Å²) in [6, 6.07) is 11.3. The highest BCUT2D eigenvalue weighted by atomic mass is 16.5. The third-order valence-electron chi connectivity index (χ3n) is 11.6. The molecule has 8 rings (SSSR count). The molecule has 2 fully saturated rings. The minimum Gasteiger partial charge on any atom is -0.353 e. The number of H-pyrrole nitrogens is 1. The van der Waals surface area contributed by atoms with Gasteiger partial charge in [0.25, 0.3) is 0 Å². The van der Waals surface area contributed by atoms with Crippen LogP contribution in [0.5, 0.6) is 0 Å². The normalized spacial score (nSPS) is 35.5. The quantitative estimate of drug-likeness (QED) is 0.296. The zero-order chi connectivity index (χ0) is 28.9. The molecule has 5 aliphatic rings. The van der Waals surface area contributed by atoms with Crippen molar-refractivity contribution in [1.29, 1.82) is 0 Å². The summed E-state index contributed by atoms with van der Waals surface area (Å²) in [7, 11) is 0. The monoisotopic (exact) mass is 576 g/mol. The van der Waals surface area contributed by atoms with Crippen molar-refractivity contribution in [3.8, 4) is 0 Å². The average molecular weight is 577 g/mol. The number of ether oxygens (including phenoxy) is 1. The van der Waals surface area contributed by atoms with Crippen LogP contribution in [0.3, 0.4) is 0 Å². The second-order valence-electron chi connectivity index (χ2n) is 14.0.